The first-order valence-electron chi connectivity index (χ1n) is 31.4. The maximum Gasteiger partial charge on any atom is 0.308 e. The second-order valence-corrected chi connectivity index (χ2v) is 28.9. The van der Waals surface area contributed by atoms with E-state index >= 15 is 0 Å². The van der Waals surface area contributed by atoms with Crippen LogP contribution >= 0.6 is 0 Å². The van der Waals surface area contributed by atoms with Crippen LogP contribution in [0, 0.1) is 71.0 Å². The van der Waals surface area contributed by atoms with Gasteiger partial charge in [0.15, 0.2) is 23.8 Å². The predicted molar refractivity (Wildman–Crippen MR) is 292 cm³/mol. The van der Waals surface area contributed by atoms with Crippen molar-refractivity contribution in [1.29, 1.82) is 0 Å². The second kappa shape index (κ2) is 25.9. The molecule has 25 nitrogen and oxygen atoms in total. The van der Waals surface area contributed by atoms with Crippen LogP contribution in [0.4, 0.5) is 0 Å². The highest BCUT2D eigenvalue weighted by molar-refractivity contribution is 7.88. The number of carbonyl (C=O) groups excluding carboxylic acids is 6. The van der Waals surface area contributed by atoms with E-state index < -0.39 is 163 Å². The van der Waals surface area contributed by atoms with Crippen LogP contribution in [0.25, 0.3) is 0 Å². The molecule has 9 saturated heterocycles. The van der Waals surface area contributed by atoms with E-state index in [1.54, 1.807) is 13.8 Å². The van der Waals surface area contributed by atoms with Crippen LogP contribution in [-0.2, 0) is 110 Å². The molecule has 26 heteroatoms. The summed E-state index contributed by atoms with van der Waals surface area (Å²) in [5.74, 6) is -8.29. The summed E-state index contributed by atoms with van der Waals surface area (Å²) in [5.41, 5.74) is -4.49. The third-order valence-corrected chi connectivity index (χ3v) is 21.8. The third kappa shape index (κ3) is 13.7. The highest BCUT2D eigenvalue weighted by Crippen LogP contribution is 2.62. The van der Waals surface area contributed by atoms with Gasteiger partial charge < -0.3 is 57.2 Å². The van der Waals surface area contributed by atoms with Crippen molar-refractivity contribution in [2.75, 3.05) is 26.1 Å². The third-order valence-electron chi connectivity index (χ3n) is 21.1. The molecular weight excluding hydrogens is 1150 g/mol. The number of nitrogens with one attached hydrogen (secondary N) is 1. The molecule has 0 amide bonds. The lowest BCUT2D eigenvalue weighted by Gasteiger charge is -2.59. The molecule has 12 aliphatic rings. The fourth-order valence-corrected chi connectivity index (χ4v) is 17.1. The van der Waals surface area contributed by atoms with Crippen LogP contribution in [0.5, 0.6) is 0 Å². The van der Waals surface area contributed by atoms with Crippen molar-refractivity contribution in [3.63, 3.8) is 0 Å². The highest BCUT2D eigenvalue weighted by Gasteiger charge is 2.71. The maximum absolute atomic E-state index is 13.8. The summed E-state index contributed by atoms with van der Waals surface area (Å²) in [5, 5.41) is 11.2. The summed E-state index contributed by atoms with van der Waals surface area (Å²) in [4.78, 5) is 105. The molecule has 4 bridgehead atoms. The largest absolute Gasteiger partial charge is 0.460 e. The average Bonchev–Trinajstić information content (AvgIpc) is 1.33. The number of aliphatic hydroxyl groups excluding tert-OH is 1. The molecule has 3 aliphatic carbocycles. The molecule has 0 aromatic heterocycles. The molecule has 12 fully saturated rings. The lowest BCUT2D eigenvalue weighted by Crippen LogP contribution is -2.70. The Morgan fingerprint density at radius 2 is 1.09 bits per heavy atom. The zero-order valence-corrected chi connectivity index (χ0v) is 52.0. The molecule has 0 aromatic carbocycles. The van der Waals surface area contributed by atoms with Gasteiger partial charge >= 0.3 is 35.8 Å². The number of hydrogen-bond acceptors (Lipinski definition) is 24. The Labute approximate surface area is 503 Å². The van der Waals surface area contributed by atoms with Crippen LogP contribution in [-0.4, -0.2) is 141 Å². The predicted octanol–water partition coefficient (Wildman–Crippen LogP) is 6.43. The molecular formula is C60H91NO24S. The van der Waals surface area contributed by atoms with E-state index in [1.807, 2.05) is 27.7 Å². The first kappa shape index (κ1) is 65.3. The van der Waals surface area contributed by atoms with E-state index in [9.17, 15) is 42.3 Å². The van der Waals surface area contributed by atoms with Crippen molar-refractivity contribution >= 4 is 45.8 Å². The first-order valence-corrected chi connectivity index (χ1v) is 33.3. The van der Waals surface area contributed by atoms with Gasteiger partial charge in [-0.15, -0.1) is 0 Å². The van der Waals surface area contributed by atoms with Crippen molar-refractivity contribution in [1.82, 2.24) is 4.72 Å². The molecule has 0 aromatic rings. The highest BCUT2D eigenvalue weighted by atomic mass is 32.2. The van der Waals surface area contributed by atoms with E-state index in [0.29, 0.717) is 43.5 Å². The number of aliphatic hydroxyl groups is 1. The van der Waals surface area contributed by atoms with E-state index in [4.69, 9.17) is 71.7 Å². The lowest BCUT2D eigenvalue weighted by molar-refractivity contribution is -0.576. The van der Waals surface area contributed by atoms with Crippen LogP contribution < -0.4 is 4.72 Å². The quantitative estimate of drug-likeness (QED) is 0.0541. The number of fused-ring (bicyclic) bond motifs is 5. The van der Waals surface area contributed by atoms with E-state index in [-0.39, 0.29) is 53.4 Å². The molecule has 2 N–H and O–H groups in total. The minimum atomic E-state index is -4.43. The Balaban J connectivity index is 0.767. The number of hydrogen-bond donors (Lipinski definition) is 2. The van der Waals surface area contributed by atoms with Crippen molar-refractivity contribution < 1.29 is 114 Å². The molecule has 12 rings (SSSR count). The Morgan fingerprint density at radius 3 is 1.60 bits per heavy atom. The maximum atomic E-state index is 13.8. The summed E-state index contributed by atoms with van der Waals surface area (Å²) in [6, 6.07) is 0. The van der Waals surface area contributed by atoms with E-state index in [1.165, 1.54) is 0 Å². The van der Waals surface area contributed by atoms with Gasteiger partial charge in [-0.1, -0.05) is 47.5 Å². The molecule has 4 unspecified atom stereocenters. The monoisotopic (exact) mass is 1240 g/mol. The summed E-state index contributed by atoms with van der Waals surface area (Å²) in [6.45, 7) is 13.9. The number of sulfonamides is 1. The molecule has 23 atom stereocenters. The van der Waals surface area contributed by atoms with Gasteiger partial charge in [0.25, 0.3) is 0 Å². The molecule has 486 valence electrons. The van der Waals surface area contributed by atoms with Gasteiger partial charge in [0.2, 0.25) is 46.2 Å². The first-order chi connectivity index (χ1) is 40.6. The van der Waals surface area contributed by atoms with Gasteiger partial charge in [-0.25, -0.2) is 28.0 Å². The van der Waals surface area contributed by atoms with Crippen molar-refractivity contribution in [3.05, 3.63) is 0 Å². The number of carbonyl (C=O) groups is 6. The summed E-state index contributed by atoms with van der Waals surface area (Å²) >= 11 is 0. The van der Waals surface area contributed by atoms with Crippen LogP contribution in [0.1, 0.15) is 177 Å². The second-order valence-electron chi connectivity index (χ2n) is 27.2. The van der Waals surface area contributed by atoms with Crippen molar-refractivity contribution in [3.8, 4) is 0 Å². The minimum absolute atomic E-state index is 0.0107. The molecule has 9 heterocycles. The fourth-order valence-electron chi connectivity index (χ4n) is 16.3. The molecule has 86 heavy (non-hydrogen) atoms. The molecule has 9 aliphatic heterocycles. The average molecular weight is 1240 g/mol. The molecule has 3 saturated carbocycles. The summed E-state index contributed by atoms with van der Waals surface area (Å²) < 4.78 is 93.6. The van der Waals surface area contributed by atoms with Gasteiger partial charge in [0.1, 0.15) is 13.2 Å². The number of esters is 6. The van der Waals surface area contributed by atoms with Gasteiger partial charge in [0, 0.05) is 42.4 Å². The molecule has 2 spiro atoms. The normalized spacial score (nSPS) is 42.0. The summed E-state index contributed by atoms with van der Waals surface area (Å²) in [6.07, 6.45) is 2.58. The zero-order chi connectivity index (χ0) is 61.7. The van der Waals surface area contributed by atoms with E-state index in [0.717, 1.165) is 70.6 Å². The standard InChI is InChI=1S/C60H91NO24S/c1-32-13-17-43-36(5)52(77-54-59(43)41(32)25-27-56(7,80-54)82-84-59)75-48(65)21-19-45(62)72-30-58(61-86(9,69)70,79-50(67)24-23-47(64)74-51(68)35(4)39-12-10-11-38-16-15-34(3)71-29-40(38)39)31-73-46(63)20-22-49(66)76-53-37(6)44-18-14-33(2)42-26-28-57(8)81-55(78-53)60(42,44)85-83-57/h32-44,51-55,61,68H,10-31H2,1-9H3/t32-,33+,34-,35-,36-,37-,38?,39-,40?,41+,42-,43+,44+,51+,52-,53-,54-,55-,56?,57+,58?,59-,60+/m0/s1. The van der Waals surface area contributed by atoms with Crippen LogP contribution in [0.2, 0.25) is 0 Å². The number of rotatable bonds is 21. The Bertz CT molecular complexity index is 2500. The fraction of sp³-hybridized carbons (Fsp3) is 0.900. The van der Waals surface area contributed by atoms with Gasteiger partial charge in [-0.2, -0.15) is 4.72 Å². The lowest BCUT2D eigenvalue weighted by atomic mass is 9.58. The van der Waals surface area contributed by atoms with Gasteiger partial charge in [-0.3, -0.25) is 28.8 Å². The van der Waals surface area contributed by atoms with Gasteiger partial charge in [0.05, 0.1) is 57.5 Å². The minimum Gasteiger partial charge on any atom is -0.460 e. The smallest absolute Gasteiger partial charge is 0.308 e. The Kier molecular flexibility index (Phi) is 19.7. The van der Waals surface area contributed by atoms with E-state index in [2.05, 4.69) is 18.6 Å². The van der Waals surface area contributed by atoms with Crippen molar-refractivity contribution in [2.45, 2.75) is 243 Å². The van der Waals surface area contributed by atoms with Crippen molar-refractivity contribution in [2.24, 2.45) is 71.0 Å². The Morgan fingerprint density at radius 1 is 0.605 bits per heavy atom. The number of ether oxygens (including phenoxy) is 11. The van der Waals surface area contributed by atoms with Gasteiger partial charge in [-0.05, 0) is 120 Å². The van der Waals surface area contributed by atoms with Crippen LogP contribution in [0.15, 0.2) is 0 Å². The summed E-state index contributed by atoms with van der Waals surface area (Å²) in [7, 11) is -4.43. The topological polar surface area (TPSA) is 307 Å². The van der Waals surface area contributed by atoms with Crippen LogP contribution in [0.3, 0.4) is 0 Å². The molecule has 0 radical (unpaired) electrons. The Hall–Kier alpha value is -3.67. The SMILES string of the molecule is C[C@H]([C@H](O)OC(=O)CCC(=O)OC(COC(=O)CCC(=O)O[C@H]1O[C@H]2OC3(C)CC[C@@H]4[C@@H](C)CC[C@H]([C@@H]1C)[C@]24OO3)(COC(=O)CCC(=O)O[C@H]1O[C@H]2O[C@@]3(C)CC[C@H]4[C@H](C)CC[C@H]([C@@H]1C)[C@@]24OO3)NS(C)(=O)=O)[C@@H]1CCCC2CC[C@H](C)OCC21. The zero-order valence-electron chi connectivity index (χ0n) is 51.2.